The van der Waals surface area contributed by atoms with Gasteiger partial charge in [-0.2, -0.15) is 0 Å². The van der Waals surface area contributed by atoms with E-state index in [-0.39, 0.29) is 30.1 Å². The number of amides is 1. The number of hydrogen-bond donors (Lipinski definition) is 1. The first-order chi connectivity index (χ1) is 8.67. The topological polar surface area (TPSA) is 64.8 Å². The van der Waals surface area contributed by atoms with Gasteiger partial charge < -0.3 is 20.1 Å². The summed E-state index contributed by atoms with van der Waals surface area (Å²) in [5.41, 5.74) is 5.80. The van der Waals surface area contributed by atoms with E-state index >= 15 is 0 Å². The Morgan fingerprint density at radius 3 is 2.83 bits per heavy atom. The number of ether oxygens (including phenoxy) is 2. The number of nitrogens with zero attached hydrogens (tertiary/aromatic N) is 1. The molecule has 104 valence electrons. The van der Waals surface area contributed by atoms with Crippen LogP contribution in [-0.2, 0) is 14.3 Å². The fourth-order valence-electron chi connectivity index (χ4n) is 3.01. The summed E-state index contributed by atoms with van der Waals surface area (Å²) < 4.78 is 10.9. The van der Waals surface area contributed by atoms with Crippen LogP contribution in [0.2, 0.25) is 0 Å². The van der Waals surface area contributed by atoms with E-state index < -0.39 is 0 Å². The quantitative estimate of drug-likeness (QED) is 0.792. The summed E-state index contributed by atoms with van der Waals surface area (Å²) in [4.78, 5) is 14.5. The van der Waals surface area contributed by atoms with Gasteiger partial charge in [0.15, 0.2) is 0 Å². The fourth-order valence-corrected chi connectivity index (χ4v) is 3.01. The van der Waals surface area contributed by atoms with Crippen LogP contribution in [0.1, 0.15) is 26.2 Å². The third kappa shape index (κ3) is 2.68. The van der Waals surface area contributed by atoms with Gasteiger partial charge in [-0.3, -0.25) is 4.79 Å². The second-order valence-corrected chi connectivity index (χ2v) is 5.27. The molecular weight excluding hydrogens is 232 g/mol. The van der Waals surface area contributed by atoms with Gasteiger partial charge >= 0.3 is 0 Å². The van der Waals surface area contributed by atoms with E-state index in [0.29, 0.717) is 13.2 Å². The number of piperidine rings is 1. The zero-order chi connectivity index (χ0) is 13.1. The van der Waals surface area contributed by atoms with Gasteiger partial charge in [0.05, 0.1) is 18.1 Å². The summed E-state index contributed by atoms with van der Waals surface area (Å²) in [6.07, 6.45) is 2.86. The van der Waals surface area contributed by atoms with Crippen molar-refractivity contribution < 1.29 is 14.3 Å². The van der Waals surface area contributed by atoms with Gasteiger partial charge in [-0.25, -0.2) is 0 Å². The molecule has 1 amide bonds. The Bertz CT molecular complexity index is 298. The maximum Gasteiger partial charge on any atom is 0.228 e. The molecule has 2 N–H and O–H groups in total. The van der Waals surface area contributed by atoms with E-state index in [1.807, 2.05) is 11.8 Å². The second kappa shape index (κ2) is 5.99. The molecule has 0 spiro atoms. The van der Waals surface area contributed by atoms with E-state index in [9.17, 15) is 4.79 Å². The third-order valence-electron chi connectivity index (χ3n) is 4.25. The lowest BCUT2D eigenvalue weighted by atomic mass is 9.94. The monoisotopic (exact) mass is 256 g/mol. The molecule has 0 aromatic carbocycles. The molecule has 0 radical (unpaired) electrons. The highest BCUT2D eigenvalue weighted by molar-refractivity contribution is 5.80. The lowest BCUT2D eigenvalue weighted by Gasteiger charge is -2.40. The Labute approximate surface area is 109 Å². The second-order valence-electron chi connectivity index (χ2n) is 5.27. The van der Waals surface area contributed by atoms with Crippen molar-refractivity contribution in [1.82, 2.24) is 4.90 Å². The van der Waals surface area contributed by atoms with Gasteiger partial charge in [-0.15, -0.1) is 0 Å². The first-order valence-corrected chi connectivity index (χ1v) is 6.82. The standard InChI is InChI=1S/C13H24N2O3/c1-9-12(4-6-18-9)13(16)15-5-3-11(17-2)7-10(15)8-14/h9-12H,3-8,14H2,1-2H3. The van der Waals surface area contributed by atoms with Gasteiger partial charge in [0, 0.05) is 32.8 Å². The molecule has 0 aromatic heterocycles. The Kier molecular flexibility index (Phi) is 4.59. The molecule has 2 saturated heterocycles. The highest BCUT2D eigenvalue weighted by Gasteiger charge is 2.38. The van der Waals surface area contributed by atoms with Gasteiger partial charge in [-0.05, 0) is 26.2 Å². The average Bonchev–Trinajstić information content (AvgIpc) is 2.83. The van der Waals surface area contributed by atoms with E-state index in [4.69, 9.17) is 15.2 Å². The lowest BCUT2D eigenvalue weighted by molar-refractivity contribution is -0.142. The molecule has 4 atom stereocenters. The van der Waals surface area contributed by atoms with Crippen molar-refractivity contribution in [2.45, 2.75) is 44.4 Å². The first-order valence-electron chi connectivity index (χ1n) is 6.82. The van der Waals surface area contributed by atoms with Crippen LogP contribution in [0.25, 0.3) is 0 Å². The number of rotatable bonds is 3. The van der Waals surface area contributed by atoms with Gasteiger partial charge in [0.1, 0.15) is 0 Å². The number of hydrogen-bond acceptors (Lipinski definition) is 4. The van der Waals surface area contributed by atoms with Gasteiger partial charge in [0.25, 0.3) is 0 Å². The van der Waals surface area contributed by atoms with E-state index in [1.165, 1.54) is 0 Å². The molecule has 0 aromatic rings. The van der Waals surface area contributed by atoms with Crippen molar-refractivity contribution >= 4 is 5.91 Å². The molecule has 2 rings (SSSR count). The molecule has 0 aliphatic carbocycles. The van der Waals surface area contributed by atoms with E-state index in [0.717, 1.165) is 25.8 Å². The normalized spacial score (nSPS) is 36.9. The molecule has 0 saturated carbocycles. The molecule has 2 aliphatic heterocycles. The number of nitrogens with two attached hydrogens (primary N) is 1. The third-order valence-corrected chi connectivity index (χ3v) is 4.25. The molecule has 4 unspecified atom stereocenters. The Hall–Kier alpha value is -0.650. The van der Waals surface area contributed by atoms with E-state index in [1.54, 1.807) is 7.11 Å². The number of likely N-dealkylation sites (tertiary alicyclic amines) is 1. The number of carbonyl (C=O) groups excluding carboxylic acids is 1. The van der Waals surface area contributed by atoms with Crippen molar-refractivity contribution in [2.24, 2.45) is 11.7 Å². The zero-order valence-corrected chi connectivity index (χ0v) is 11.3. The van der Waals surface area contributed by atoms with Crippen molar-refractivity contribution in [1.29, 1.82) is 0 Å². The minimum absolute atomic E-state index is 0.0122. The lowest BCUT2D eigenvalue weighted by Crippen LogP contribution is -2.53. The number of carbonyl (C=O) groups is 1. The van der Waals surface area contributed by atoms with Gasteiger partial charge in [0.2, 0.25) is 5.91 Å². The van der Waals surface area contributed by atoms with Crippen LogP contribution in [0.4, 0.5) is 0 Å². The minimum atomic E-state index is 0.0122. The summed E-state index contributed by atoms with van der Waals surface area (Å²) in [5.74, 6) is 0.225. The van der Waals surface area contributed by atoms with Crippen LogP contribution in [0.15, 0.2) is 0 Å². The van der Waals surface area contributed by atoms with E-state index in [2.05, 4.69) is 0 Å². The van der Waals surface area contributed by atoms with Crippen molar-refractivity contribution in [3.05, 3.63) is 0 Å². The summed E-state index contributed by atoms with van der Waals surface area (Å²) in [5, 5.41) is 0. The summed E-state index contributed by atoms with van der Waals surface area (Å²) in [7, 11) is 1.72. The van der Waals surface area contributed by atoms with Crippen LogP contribution in [0, 0.1) is 5.92 Å². The fraction of sp³-hybridized carbons (Fsp3) is 0.923. The largest absolute Gasteiger partial charge is 0.381 e. The Morgan fingerprint density at radius 1 is 1.50 bits per heavy atom. The van der Waals surface area contributed by atoms with Gasteiger partial charge in [-0.1, -0.05) is 0 Å². The van der Waals surface area contributed by atoms with Crippen molar-refractivity contribution in [2.75, 3.05) is 26.8 Å². The molecular formula is C13H24N2O3. The van der Waals surface area contributed by atoms with Crippen LogP contribution in [0.3, 0.4) is 0 Å². The molecule has 2 heterocycles. The highest BCUT2D eigenvalue weighted by atomic mass is 16.5. The molecule has 0 bridgehead atoms. The maximum absolute atomic E-state index is 12.5. The van der Waals surface area contributed by atoms with Crippen molar-refractivity contribution in [3.8, 4) is 0 Å². The Morgan fingerprint density at radius 2 is 2.28 bits per heavy atom. The highest BCUT2D eigenvalue weighted by Crippen LogP contribution is 2.27. The summed E-state index contributed by atoms with van der Waals surface area (Å²) in [6.45, 7) is 3.93. The van der Waals surface area contributed by atoms with Crippen LogP contribution in [-0.4, -0.2) is 55.9 Å². The molecule has 2 fully saturated rings. The zero-order valence-electron chi connectivity index (χ0n) is 11.3. The van der Waals surface area contributed by atoms with Crippen LogP contribution in [0.5, 0.6) is 0 Å². The maximum atomic E-state index is 12.5. The number of methoxy groups -OCH3 is 1. The minimum Gasteiger partial charge on any atom is -0.381 e. The predicted octanol–water partition coefficient (Wildman–Crippen LogP) is 0.376. The SMILES string of the molecule is COC1CCN(C(=O)C2CCOC2C)C(CN)C1. The average molecular weight is 256 g/mol. The van der Waals surface area contributed by atoms with Crippen LogP contribution < -0.4 is 5.73 Å². The predicted molar refractivity (Wildman–Crippen MR) is 68.1 cm³/mol. The molecule has 2 aliphatic rings. The molecule has 18 heavy (non-hydrogen) atoms. The smallest absolute Gasteiger partial charge is 0.228 e. The van der Waals surface area contributed by atoms with Crippen molar-refractivity contribution in [3.63, 3.8) is 0 Å². The van der Waals surface area contributed by atoms with Crippen LogP contribution >= 0.6 is 0 Å². The first kappa shape index (κ1) is 13.8. The molecule has 5 nitrogen and oxygen atoms in total. The molecule has 5 heteroatoms. The summed E-state index contributed by atoms with van der Waals surface area (Å²) in [6, 6.07) is 0.115. The summed E-state index contributed by atoms with van der Waals surface area (Å²) >= 11 is 0. The Balaban J connectivity index is 2.00.